The fourth-order valence-corrected chi connectivity index (χ4v) is 4.79. The molecule has 3 aliphatic carbocycles. The van der Waals surface area contributed by atoms with E-state index in [4.69, 9.17) is 0 Å². The van der Waals surface area contributed by atoms with Crippen LogP contribution < -0.4 is 10.6 Å². The van der Waals surface area contributed by atoms with E-state index in [1.807, 2.05) is 0 Å². The maximum atomic E-state index is 12.2. The molecule has 3 fully saturated rings. The van der Waals surface area contributed by atoms with Gasteiger partial charge >= 0.3 is 12.0 Å². The fraction of sp³-hybridized carbons (Fsp3) is 0.875. The monoisotopic (exact) mass is 294 g/mol. The molecule has 5 nitrogen and oxygen atoms in total. The normalized spacial score (nSPS) is 40.2. The summed E-state index contributed by atoms with van der Waals surface area (Å²) in [4.78, 5) is 23.6. The number of hydrogen-bond donors (Lipinski definition) is 3. The SMILES string of the molecule is CC1(C)CCC(NC(=O)NC2C3CCC(C3)C2C(=O)O)C1. The summed E-state index contributed by atoms with van der Waals surface area (Å²) in [6.45, 7) is 4.45. The standard InChI is InChI=1S/C16H26N2O3/c1-16(2)6-5-11(8-16)17-15(21)18-13-10-4-3-9(7-10)12(13)14(19)20/h9-13H,3-8H2,1-2H3,(H,19,20)(H2,17,18,21). The molecule has 5 heteroatoms. The molecule has 0 aromatic carbocycles. The summed E-state index contributed by atoms with van der Waals surface area (Å²) in [6.07, 6.45) is 6.15. The third-order valence-electron chi connectivity index (χ3n) is 5.80. The Morgan fingerprint density at radius 2 is 1.81 bits per heavy atom. The lowest BCUT2D eigenvalue weighted by Crippen LogP contribution is -2.51. The lowest BCUT2D eigenvalue weighted by molar-refractivity contribution is -0.144. The largest absolute Gasteiger partial charge is 0.481 e. The van der Waals surface area contributed by atoms with Crippen molar-refractivity contribution in [3.05, 3.63) is 0 Å². The number of hydrogen-bond acceptors (Lipinski definition) is 2. The zero-order valence-corrected chi connectivity index (χ0v) is 12.9. The summed E-state index contributed by atoms with van der Waals surface area (Å²) in [7, 11) is 0. The number of carboxylic acid groups (broad SMARTS) is 1. The smallest absolute Gasteiger partial charge is 0.315 e. The first-order valence-corrected chi connectivity index (χ1v) is 8.15. The molecule has 5 unspecified atom stereocenters. The van der Waals surface area contributed by atoms with Crippen LogP contribution in [0, 0.1) is 23.2 Å². The van der Waals surface area contributed by atoms with Gasteiger partial charge in [0.2, 0.25) is 0 Å². The highest BCUT2D eigenvalue weighted by Gasteiger charge is 2.51. The topological polar surface area (TPSA) is 78.4 Å². The third kappa shape index (κ3) is 2.87. The van der Waals surface area contributed by atoms with Gasteiger partial charge in [-0.2, -0.15) is 0 Å². The van der Waals surface area contributed by atoms with Gasteiger partial charge < -0.3 is 15.7 Å². The van der Waals surface area contributed by atoms with Crippen molar-refractivity contribution in [2.45, 2.75) is 64.5 Å². The highest BCUT2D eigenvalue weighted by atomic mass is 16.4. The molecule has 0 spiro atoms. The number of fused-ring (bicyclic) bond motifs is 2. The van der Waals surface area contributed by atoms with Crippen molar-refractivity contribution in [1.82, 2.24) is 10.6 Å². The summed E-state index contributed by atoms with van der Waals surface area (Å²) in [5.74, 6) is -0.547. The van der Waals surface area contributed by atoms with E-state index in [2.05, 4.69) is 24.5 Å². The van der Waals surface area contributed by atoms with Crippen molar-refractivity contribution in [3.8, 4) is 0 Å². The van der Waals surface area contributed by atoms with Crippen LogP contribution in [0.5, 0.6) is 0 Å². The average Bonchev–Trinajstić information content (AvgIpc) is 3.03. The van der Waals surface area contributed by atoms with E-state index < -0.39 is 11.9 Å². The van der Waals surface area contributed by atoms with Crippen LogP contribution in [-0.4, -0.2) is 29.2 Å². The second-order valence-electron chi connectivity index (χ2n) is 7.94. The molecule has 2 amide bonds. The van der Waals surface area contributed by atoms with Crippen molar-refractivity contribution in [1.29, 1.82) is 0 Å². The molecule has 0 aromatic rings. The predicted octanol–water partition coefficient (Wildman–Crippen LogP) is 2.36. The Kier molecular flexibility index (Phi) is 3.62. The molecule has 3 saturated carbocycles. The lowest BCUT2D eigenvalue weighted by atomic mass is 9.84. The van der Waals surface area contributed by atoms with Gasteiger partial charge in [-0.1, -0.05) is 13.8 Å². The zero-order chi connectivity index (χ0) is 15.2. The van der Waals surface area contributed by atoms with E-state index >= 15 is 0 Å². The van der Waals surface area contributed by atoms with Crippen molar-refractivity contribution in [2.24, 2.45) is 23.2 Å². The van der Waals surface area contributed by atoms with Gasteiger partial charge in [-0.15, -0.1) is 0 Å². The summed E-state index contributed by atoms with van der Waals surface area (Å²) in [6, 6.07) is -0.140. The number of carbonyl (C=O) groups is 2. The van der Waals surface area contributed by atoms with E-state index in [1.165, 1.54) is 0 Å². The molecule has 3 aliphatic rings. The molecular formula is C16H26N2O3. The Morgan fingerprint density at radius 1 is 1.10 bits per heavy atom. The second-order valence-corrected chi connectivity index (χ2v) is 7.94. The number of urea groups is 1. The van der Waals surface area contributed by atoms with Crippen LogP contribution in [0.25, 0.3) is 0 Å². The number of rotatable bonds is 3. The van der Waals surface area contributed by atoms with E-state index in [0.717, 1.165) is 38.5 Å². The van der Waals surface area contributed by atoms with Gasteiger partial charge in [0.15, 0.2) is 0 Å². The predicted molar refractivity (Wildman–Crippen MR) is 78.8 cm³/mol. The quantitative estimate of drug-likeness (QED) is 0.747. The molecule has 0 saturated heterocycles. The van der Waals surface area contributed by atoms with E-state index in [9.17, 15) is 14.7 Å². The minimum absolute atomic E-state index is 0.179. The van der Waals surface area contributed by atoms with Crippen LogP contribution in [-0.2, 0) is 4.79 Å². The van der Waals surface area contributed by atoms with Crippen LogP contribution in [0.2, 0.25) is 0 Å². The molecule has 2 bridgehead atoms. The van der Waals surface area contributed by atoms with Gasteiger partial charge in [-0.3, -0.25) is 4.79 Å². The minimum Gasteiger partial charge on any atom is -0.481 e. The van der Waals surface area contributed by atoms with Crippen LogP contribution in [0.15, 0.2) is 0 Å². The number of carbonyl (C=O) groups excluding carboxylic acids is 1. The van der Waals surface area contributed by atoms with Crippen LogP contribution in [0.3, 0.4) is 0 Å². The highest BCUT2D eigenvalue weighted by molar-refractivity contribution is 5.77. The van der Waals surface area contributed by atoms with Crippen molar-refractivity contribution in [2.75, 3.05) is 0 Å². The average molecular weight is 294 g/mol. The van der Waals surface area contributed by atoms with E-state index in [-0.39, 0.29) is 24.0 Å². The zero-order valence-electron chi connectivity index (χ0n) is 12.9. The first kappa shape index (κ1) is 14.7. The third-order valence-corrected chi connectivity index (χ3v) is 5.80. The molecule has 0 aliphatic heterocycles. The molecule has 21 heavy (non-hydrogen) atoms. The molecule has 0 radical (unpaired) electrons. The molecule has 118 valence electrons. The van der Waals surface area contributed by atoms with Crippen molar-refractivity contribution in [3.63, 3.8) is 0 Å². The van der Waals surface area contributed by atoms with Crippen LogP contribution in [0.4, 0.5) is 4.79 Å². The molecule has 3 N–H and O–H groups in total. The Bertz CT molecular complexity index is 449. The maximum Gasteiger partial charge on any atom is 0.315 e. The van der Waals surface area contributed by atoms with E-state index in [1.54, 1.807) is 0 Å². The van der Waals surface area contributed by atoms with Gasteiger partial charge in [-0.05, 0) is 55.8 Å². The van der Waals surface area contributed by atoms with Crippen molar-refractivity contribution >= 4 is 12.0 Å². The molecule has 3 rings (SSSR count). The van der Waals surface area contributed by atoms with Gasteiger partial charge in [-0.25, -0.2) is 4.79 Å². The first-order valence-electron chi connectivity index (χ1n) is 8.15. The van der Waals surface area contributed by atoms with Gasteiger partial charge in [0, 0.05) is 12.1 Å². The van der Waals surface area contributed by atoms with Gasteiger partial charge in [0.05, 0.1) is 5.92 Å². The minimum atomic E-state index is -0.755. The van der Waals surface area contributed by atoms with Crippen molar-refractivity contribution < 1.29 is 14.7 Å². The molecular weight excluding hydrogens is 268 g/mol. The number of aliphatic carboxylic acids is 1. The second kappa shape index (κ2) is 5.18. The van der Waals surface area contributed by atoms with Crippen LogP contribution >= 0.6 is 0 Å². The Labute approximate surface area is 125 Å². The van der Waals surface area contributed by atoms with E-state index in [0.29, 0.717) is 11.3 Å². The molecule has 0 aromatic heterocycles. The summed E-state index contributed by atoms with van der Waals surface area (Å²) in [5, 5.41) is 15.4. The Balaban J connectivity index is 1.56. The number of amides is 2. The fourth-order valence-electron chi connectivity index (χ4n) is 4.79. The summed E-state index contributed by atoms with van der Waals surface area (Å²) < 4.78 is 0. The van der Waals surface area contributed by atoms with Gasteiger partial charge in [0.25, 0.3) is 0 Å². The Hall–Kier alpha value is -1.26. The molecule has 5 atom stereocenters. The Morgan fingerprint density at radius 3 is 2.43 bits per heavy atom. The lowest BCUT2D eigenvalue weighted by Gasteiger charge is -2.29. The number of nitrogens with one attached hydrogen (secondary N) is 2. The maximum absolute atomic E-state index is 12.2. The molecule has 0 heterocycles. The highest BCUT2D eigenvalue weighted by Crippen LogP contribution is 2.48. The summed E-state index contributed by atoms with van der Waals surface area (Å²) >= 11 is 0. The van der Waals surface area contributed by atoms with Gasteiger partial charge in [0.1, 0.15) is 0 Å². The summed E-state index contributed by atoms with van der Waals surface area (Å²) in [5.41, 5.74) is 0.300. The van der Waals surface area contributed by atoms with Crippen LogP contribution in [0.1, 0.15) is 52.4 Å². The first-order chi connectivity index (χ1) is 9.85. The number of carboxylic acids is 1.